The first kappa shape index (κ1) is 13.4. The zero-order valence-corrected chi connectivity index (χ0v) is 11.7. The second-order valence-corrected chi connectivity index (χ2v) is 5.14. The Morgan fingerprint density at radius 1 is 1.17 bits per heavy atom. The number of anilines is 1. The summed E-state index contributed by atoms with van der Waals surface area (Å²) in [5, 5.41) is 34.6. The van der Waals surface area contributed by atoms with Gasteiger partial charge >= 0.3 is 5.97 Å². The summed E-state index contributed by atoms with van der Waals surface area (Å²) in [6.45, 7) is 0. The summed E-state index contributed by atoms with van der Waals surface area (Å²) in [6, 6.07) is 13.4. The molecule has 1 aliphatic rings. The lowest BCUT2D eigenvalue weighted by molar-refractivity contribution is 0.0208. The van der Waals surface area contributed by atoms with Crippen LogP contribution in [-0.4, -0.2) is 36.4 Å². The highest BCUT2D eigenvalue weighted by Gasteiger charge is 2.40. The Kier molecular flexibility index (Phi) is 2.69. The number of fused-ring (bicyclic) bond motifs is 3. The summed E-state index contributed by atoms with van der Waals surface area (Å²) < 4.78 is 1.23. The molecule has 0 saturated carbocycles. The summed E-state index contributed by atoms with van der Waals surface area (Å²) >= 11 is 0. The number of carboxylic acid groups (broad SMARTS) is 1. The molecule has 1 unspecified atom stereocenters. The van der Waals surface area contributed by atoms with Crippen LogP contribution >= 0.6 is 0 Å². The highest BCUT2D eigenvalue weighted by Crippen LogP contribution is 2.38. The maximum Gasteiger partial charge on any atom is 0.335 e. The first-order valence-corrected chi connectivity index (χ1v) is 6.82. The Bertz CT molecular complexity index is 908. The lowest BCUT2D eigenvalue weighted by Crippen LogP contribution is -2.46. The Balaban J connectivity index is 1.93. The SMILES string of the molecule is O=C(O)c1ccc2c(c1)-c1nnnn1C(O)(c1ccccc1)N2. The molecular weight excluding hydrogens is 298 g/mol. The first-order chi connectivity index (χ1) is 11.1. The molecule has 1 aromatic heterocycles. The van der Waals surface area contributed by atoms with Crippen molar-refractivity contribution in [2.45, 2.75) is 5.85 Å². The second-order valence-electron chi connectivity index (χ2n) is 5.14. The van der Waals surface area contributed by atoms with Crippen LogP contribution in [0.15, 0.2) is 48.5 Å². The second kappa shape index (κ2) is 4.62. The average Bonchev–Trinajstić information content (AvgIpc) is 3.06. The van der Waals surface area contributed by atoms with E-state index in [9.17, 15) is 9.90 Å². The predicted molar refractivity (Wildman–Crippen MR) is 79.6 cm³/mol. The van der Waals surface area contributed by atoms with Crippen molar-refractivity contribution in [2.75, 3.05) is 5.32 Å². The number of carboxylic acids is 1. The number of aromatic carboxylic acids is 1. The van der Waals surface area contributed by atoms with Crippen molar-refractivity contribution in [1.29, 1.82) is 0 Å². The topological polar surface area (TPSA) is 113 Å². The molecule has 114 valence electrons. The molecular formula is C15H11N5O3. The number of hydrogen-bond donors (Lipinski definition) is 3. The van der Waals surface area contributed by atoms with Crippen molar-refractivity contribution in [2.24, 2.45) is 0 Å². The predicted octanol–water partition coefficient (Wildman–Crippen LogP) is 1.11. The maximum absolute atomic E-state index is 11.2. The van der Waals surface area contributed by atoms with E-state index in [-0.39, 0.29) is 11.4 Å². The standard InChI is InChI=1S/C15H11N5O3/c21-14(22)9-6-7-12-11(8-9)13-17-18-19-20(13)15(23,16-12)10-4-2-1-3-5-10/h1-8,16,23H,(H,21,22). The molecule has 3 N–H and O–H groups in total. The number of benzene rings is 2. The number of nitrogens with zero attached hydrogens (tertiary/aromatic N) is 4. The van der Waals surface area contributed by atoms with Crippen molar-refractivity contribution < 1.29 is 15.0 Å². The van der Waals surface area contributed by atoms with E-state index in [2.05, 4.69) is 20.8 Å². The Morgan fingerprint density at radius 3 is 2.70 bits per heavy atom. The molecule has 0 spiro atoms. The number of aromatic nitrogens is 4. The number of hydrogen-bond acceptors (Lipinski definition) is 6. The Morgan fingerprint density at radius 2 is 1.96 bits per heavy atom. The van der Waals surface area contributed by atoms with E-state index < -0.39 is 11.8 Å². The van der Waals surface area contributed by atoms with E-state index >= 15 is 0 Å². The number of aliphatic hydroxyl groups is 1. The monoisotopic (exact) mass is 309 g/mol. The summed E-state index contributed by atoms with van der Waals surface area (Å²) in [6.07, 6.45) is 0. The molecule has 3 aromatic rings. The van der Waals surface area contributed by atoms with Gasteiger partial charge in [0.05, 0.1) is 5.56 Å². The van der Waals surface area contributed by atoms with E-state index in [1.165, 1.54) is 16.8 Å². The molecule has 0 aliphatic carbocycles. The lowest BCUT2D eigenvalue weighted by Gasteiger charge is -2.35. The quantitative estimate of drug-likeness (QED) is 0.650. The normalized spacial score (nSPS) is 18.7. The van der Waals surface area contributed by atoms with Gasteiger partial charge < -0.3 is 15.5 Å². The number of nitrogens with one attached hydrogen (secondary N) is 1. The van der Waals surface area contributed by atoms with Crippen LogP contribution < -0.4 is 5.32 Å². The van der Waals surface area contributed by atoms with Gasteiger partial charge in [0.25, 0.3) is 5.85 Å². The molecule has 8 heteroatoms. The van der Waals surface area contributed by atoms with Crippen LogP contribution in [0.3, 0.4) is 0 Å². The van der Waals surface area contributed by atoms with Crippen LogP contribution in [-0.2, 0) is 5.85 Å². The molecule has 2 aromatic carbocycles. The zero-order valence-electron chi connectivity index (χ0n) is 11.7. The van der Waals surface area contributed by atoms with E-state index in [1.807, 2.05) is 6.07 Å². The first-order valence-electron chi connectivity index (χ1n) is 6.82. The molecule has 0 radical (unpaired) electrons. The van der Waals surface area contributed by atoms with Gasteiger partial charge in [0.15, 0.2) is 5.82 Å². The zero-order chi connectivity index (χ0) is 16.0. The lowest BCUT2D eigenvalue weighted by atomic mass is 10.0. The van der Waals surface area contributed by atoms with Gasteiger partial charge in [-0.1, -0.05) is 30.3 Å². The molecule has 23 heavy (non-hydrogen) atoms. The van der Waals surface area contributed by atoms with Gasteiger partial charge in [0, 0.05) is 16.8 Å². The molecule has 8 nitrogen and oxygen atoms in total. The summed E-state index contributed by atoms with van der Waals surface area (Å²) in [5.74, 6) is -2.42. The minimum atomic E-state index is -1.65. The third-order valence-electron chi connectivity index (χ3n) is 3.77. The minimum absolute atomic E-state index is 0.116. The van der Waals surface area contributed by atoms with Crippen molar-refractivity contribution >= 4 is 11.7 Å². The summed E-state index contributed by atoms with van der Waals surface area (Å²) in [7, 11) is 0. The number of rotatable bonds is 2. The molecule has 0 fully saturated rings. The summed E-state index contributed by atoms with van der Waals surface area (Å²) in [5.41, 5.74) is 1.73. The van der Waals surface area contributed by atoms with Gasteiger partial charge in [-0.25, -0.2) is 4.79 Å². The van der Waals surface area contributed by atoms with Gasteiger partial charge in [-0.2, -0.15) is 4.68 Å². The number of carbonyl (C=O) groups is 1. The van der Waals surface area contributed by atoms with Gasteiger partial charge in [0.1, 0.15) is 0 Å². The fraction of sp³-hybridized carbons (Fsp3) is 0.0667. The van der Waals surface area contributed by atoms with Crippen LogP contribution in [0.2, 0.25) is 0 Å². The summed E-state index contributed by atoms with van der Waals surface area (Å²) in [4.78, 5) is 11.2. The largest absolute Gasteiger partial charge is 0.478 e. The van der Waals surface area contributed by atoms with Crippen LogP contribution in [0.5, 0.6) is 0 Å². The molecule has 0 amide bonds. The molecule has 4 rings (SSSR count). The third-order valence-corrected chi connectivity index (χ3v) is 3.77. The molecule has 0 saturated heterocycles. The number of tetrazole rings is 1. The van der Waals surface area contributed by atoms with Crippen molar-refractivity contribution in [3.8, 4) is 11.4 Å². The van der Waals surface area contributed by atoms with E-state index in [4.69, 9.17) is 5.11 Å². The average molecular weight is 309 g/mol. The van der Waals surface area contributed by atoms with E-state index in [0.717, 1.165) is 0 Å². The fourth-order valence-electron chi connectivity index (χ4n) is 2.65. The van der Waals surface area contributed by atoms with Crippen LogP contribution in [0.1, 0.15) is 15.9 Å². The van der Waals surface area contributed by atoms with Gasteiger partial charge in [-0.15, -0.1) is 5.10 Å². The van der Waals surface area contributed by atoms with Gasteiger partial charge in [-0.05, 0) is 28.6 Å². The van der Waals surface area contributed by atoms with Gasteiger partial charge in [-0.3, -0.25) is 0 Å². The molecule has 1 aliphatic heterocycles. The van der Waals surface area contributed by atoms with Crippen molar-refractivity contribution in [3.05, 3.63) is 59.7 Å². The van der Waals surface area contributed by atoms with Crippen molar-refractivity contribution in [3.63, 3.8) is 0 Å². The highest BCUT2D eigenvalue weighted by atomic mass is 16.4. The third kappa shape index (κ3) is 1.89. The Labute approximate surface area is 130 Å². The van der Waals surface area contributed by atoms with Crippen LogP contribution in [0.25, 0.3) is 11.4 Å². The Hall–Kier alpha value is -3.26. The molecule has 2 heterocycles. The van der Waals surface area contributed by atoms with Crippen molar-refractivity contribution in [1.82, 2.24) is 20.2 Å². The van der Waals surface area contributed by atoms with E-state index in [0.29, 0.717) is 16.8 Å². The van der Waals surface area contributed by atoms with Crippen LogP contribution in [0.4, 0.5) is 5.69 Å². The highest BCUT2D eigenvalue weighted by molar-refractivity contribution is 5.91. The fourth-order valence-corrected chi connectivity index (χ4v) is 2.65. The van der Waals surface area contributed by atoms with Gasteiger partial charge in [0.2, 0.25) is 0 Å². The van der Waals surface area contributed by atoms with Crippen LogP contribution in [0, 0.1) is 0 Å². The molecule has 0 bridgehead atoms. The minimum Gasteiger partial charge on any atom is -0.478 e. The maximum atomic E-state index is 11.2. The van der Waals surface area contributed by atoms with E-state index in [1.54, 1.807) is 30.3 Å². The smallest absolute Gasteiger partial charge is 0.335 e. The molecule has 1 atom stereocenters.